The summed E-state index contributed by atoms with van der Waals surface area (Å²) < 4.78 is 0. The number of halogens is 2. The van der Waals surface area contributed by atoms with Gasteiger partial charge in [0.15, 0.2) is 0 Å². The Hall–Kier alpha value is -1.32. The van der Waals surface area contributed by atoms with Crippen molar-refractivity contribution in [2.45, 2.75) is 13.3 Å². The van der Waals surface area contributed by atoms with E-state index < -0.39 is 5.41 Å². The number of carbonyl (C=O) groups excluding carboxylic acids is 2. The molecule has 21 heavy (non-hydrogen) atoms. The summed E-state index contributed by atoms with van der Waals surface area (Å²) in [5.41, 5.74) is -0.239. The highest BCUT2D eigenvalue weighted by Crippen LogP contribution is 2.61. The van der Waals surface area contributed by atoms with Gasteiger partial charge in [0.2, 0.25) is 11.8 Å². The minimum absolute atomic E-state index is 0.145. The van der Waals surface area contributed by atoms with Gasteiger partial charge in [-0.25, -0.2) is 4.90 Å². The first-order chi connectivity index (χ1) is 9.96. The maximum atomic E-state index is 12.9. The summed E-state index contributed by atoms with van der Waals surface area (Å²) >= 11 is 12.2. The first kappa shape index (κ1) is 13.4. The molecule has 2 aliphatic carbocycles. The monoisotopic (exact) mass is 321 g/mol. The van der Waals surface area contributed by atoms with Gasteiger partial charge in [-0.2, -0.15) is 0 Å². The van der Waals surface area contributed by atoms with E-state index in [-0.39, 0.29) is 34.6 Å². The molecule has 4 atom stereocenters. The van der Waals surface area contributed by atoms with Crippen molar-refractivity contribution >= 4 is 40.7 Å². The molecule has 2 amide bonds. The molecule has 2 fully saturated rings. The van der Waals surface area contributed by atoms with Gasteiger partial charge in [0.1, 0.15) is 0 Å². The molecule has 0 spiro atoms. The van der Waals surface area contributed by atoms with Crippen LogP contribution in [0.5, 0.6) is 0 Å². The SMILES string of the molecule is C[C@]12C(=O)N(c3cccc(Cl)c3Cl)C(=O)[C@H]1[C@@H]1C=C[C@@H]2C1. The molecular weight excluding hydrogens is 309 g/mol. The van der Waals surface area contributed by atoms with Crippen LogP contribution in [0.2, 0.25) is 10.0 Å². The molecule has 1 aromatic rings. The Morgan fingerprint density at radius 3 is 2.71 bits per heavy atom. The van der Waals surface area contributed by atoms with Crippen LogP contribution >= 0.6 is 23.2 Å². The molecule has 3 nitrogen and oxygen atoms in total. The normalized spacial score (nSPS) is 36.7. The first-order valence-corrected chi connectivity index (χ1v) is 7.72. The number of imide groups is 1. The quantitative estimate of drug-likeness (QED) is 0.584. The average molecular weight is 322 g/mol. The molecule has 1 aliphatic heterocycles. The topological polar surface area (TPSA) is 37.4 Å². The molecular formula is C16H13Cl2NO2. The summed E-state index contributed by atoms with van der Waals surface area (Å²) in [6, 6.07) is 5.02. The number of fused-ring (bicyclic) bond motifs is 5. The van der Waals surface area contributed by atoms with E-state index >= 15 is 0 Å². The highest BCUT2D eigenvalue weighted by atomic mass is 35.5. The van der Waals surface area contributed by atoms with Crippen molar-refractivity contribution in [2.24, 2.45) is 23.2 Å². The number of nitrogens with zero attached hydrogens (tertiary/aromatic N) is 1. The molecule has 108 valence electrons. The fraction of sp³-hybridized carbons (Fsp3) is 0.375. The van der Waals surface area contributed by atoms with Crippen molar-refractivity contribution in [1.29, 1.82) is 0 Å². The van der Waals surface area contributed by atoms with Crippen molar-refractivity contribution in [3.05, 3.63) is 40.4 Å². The number of amides is 2. The number of hydrogen-bond donors (Lipinski definition) is 0. The molecule has 4 rings (SSSR count). The second kappa shape index (κ2) is 4.11. The van der Waals surface area contributed by atoms with E-state index in [4.69, 9.17) is 23.2 Å². The third kappa shape index (κ3) is 1.46. The number of benzene rings is 1. The predicted octanol–water partition coefficient (Wildman–Crippen LogP) is 3.70. The number of anilines is 1. The Balaban J connectivity index is 1.85. The number of rotatable bonds is 1. The summed E-state index contributed by atoms with van der Waals surface area (Å²) in [4.78, 5) is 27.0. The molecule has 3 aliphatic rings. The van der Waals surface area contributed by atoms with Crippen LogP contribution in [0.15, 0.2) is 30.4 Å². The lowest BCUT2D eigenvalue weighted by Gasteiger charge is -2.28. The van der Waals surface area contributed by atoms with Crippen molar-refractivity contribution in [3.8, 4) is 0 Å². The number of hydrogen-bond acceptors (Lipinski definition) is 2. The summed E-state index contributed by atoms with van der Waals surface area (Å²) in [6.07, 6.45) is 5.05. The molecule has 0 aromatic heterocycles. The fourth-order valence-corrected chi connectivity index (χ4v) is 4.58. The van der Waals surface area contributed by atoms with Gasteiger partial charge in [-0.15, -0.1) is 0 Å². The average Bonchev–Trinajstić information content (AvgIpc) is 3.07. The van der Waals surface area contributed by atoms with Gasteiger partial charge in [0.05, 0.1) is 27.1 Å². The number of allylic oxidation sites excluding steroid dienone is 2. The van der Waals surface area contributed by atoms with E-state index in [1.807, 2.05) is 6.92 Å². The van der Waals surface area contributed by atoms with Crippen molar-refractivity contribution in [3.63, 3.8) is 0 Å². The number of carbonyl (C=O) groups is 2. The van der Waals surface area contributed by atoms with Gasteiger partial charge in [-0.3, -0.25) is 9.59 Å². The van der Waals surface area contributed by atoms with Crippen LogP contribution in [0, 0.1) is 23.2 Å². The second-order valence-corrected chi connectivity index (χ2v) is 6.99. The molecule has 2 bridgehead atoms. The molecule has 0 N–H and O–H groups in total. The molecule has 1 aromatic carbocycles. The fourth-order valence-electron chi connectivity index (χ4n) is 4.20. The highest BCUT2D eigenvalue weighted by molar-refractivity contribution is 6.45. The van der Waals surface area contributed by atoms with E-state index in [2.05, 4.69) is 12.2 Å². The Bertz CT molecular complexity index is 714. The van der Waals surface area contributed by atoms with Crippen LogP contribution in [0.4, 0.5) is 5.69 Å². The minimum atomic E-state index is -0.637. The molecule has 0 unspecified atom stereocenters. The zero-order valence-electron chi connectivity index (χ0n) is 11.3. The van der Waals surface area contributed by atoms with Crippen LogP contribution in [0.25, 0.3) is 0 Å². The summed E-state index contributed by atoms with van der Waals surface area (Å²) in [5.74, 6) is -0.261. The van der Waals surface area contributed by atoms with Crippen LogP contribution < -0.4 is 4.90 Å². The summed E-state index contributed by atoms with van der Waals surface area (Å²) in [5, 5.41) is 0.600. The van der Waals surface area contributed by atoms with Crippen LogP contribution in [0.3, 0.4) is 0 Å². The molecule has 1 saturated carbocycles. The van der Waals surface area contributed by atoms with Crippen LogP contribution in [-0.4, -0.2) is 11.8 Å². The smallest absolute Gasteiger partial charge is 0.241 e. The highest BCUT2D eigenvalue weighted by Gasteiger charge is 2.67. The van der Waals surface area contributed by atoms with Gasteiger partial charge in [0.25, 0.3) is 0 Å². The van der Waals surface area contributed by atoms with E-state index in [9.17, 15) is 9.59 Å². The lowest BCUT2D eigenvalue weighted by molar-refractivity contribution is -0.127. The maximum Gasteiger partial charge on any atom is 0.241 e. The third-order valence-corrected chi connectivity index (χ3v) is 6.09. The van der Waals surface area contributed by atoms with Crippen LogP contribution in [0.1, 0.15) is 13.3 Å². The van der Waals surface area contributed by atoms with Gasteiger partial charge in [0, 0.05) is 0 Å². The van der Waals surface area contributed by atoms with Gasteiger partial charge in [-0.1, -0.05) is 41.4 Å². The Morgan fingerprint density at radius 2 is 2.00 bits per heavy atom. The standard InChI is InChI=1S/C16H13Cl2NO2/c1-16-9-6-5-8(7-9)12(16)14(20)19(15(16)21)11-4-2-3-10(17)13(11)18/h2-6,8-9,12H,7H2,1H3/t8-,9-,12-,16-/m1/s1. The Labute approximate surface area is 132 Å². The van der Waals surface area contributed by atoms with Gasteiger partial charge in [-0.05, 0) is 37.3 Å². The maximum absolute atomic E-state index is 12.9. The largest absolute Gasteiger partial charge is 0.274 e. The molecule has 5 heteroatoms. The van der Waals surface area contributed by atoms with Crippen molar-refractivity contribution in [1.82, 2.24) is 0 Å². The minimum Gasteiger partial charge on any atom is -0.274 e. The molecule has 1 saturated heterocycles. The van der Waals surface area contributed by atoms with Gasteiger partial charge < -0.3 is 0 Å². The molecule has 1 heterocycles. The van der Waals surface area contributed by atoms with Gasteiger partial charge >= 0.3 is 0 Å². The van der Waals surface area contributed by atoms with E-state index in [1.165, 1.54) is 4.90 Å². The predicted molar refractivity (Wildman–Crippen MR) is 81.3 cm³/mol. The lowest BCUT2D eigenvalue weighted by atomic mass is 9.71. The zero-order valence-corrected chi connectivity index (χ0v) is 12.9. The second-order valence-electron chi connectivity index (χ2n) is 6.20. The molecule has 0 radical (unpaired) electrons. The third-order valence-electron chi connectivity index (χ3n) is 5.28. The Kier molecular flexibility index (Phi) is 2.61. The first-order valence-electron chi connectivity index (χ1n) is 6.97. The lowest BCUT2D eigenvalue weighted by Crippen LogP contribution is -2.37. The van der Waals surface area contributed by atoms with Crippen molar-refractivity contribution < 1.29 is 9.59 Å². The van der Waals surface area contributed by atoms with E-state index in [0.29, 0.717) is 10.7 Å². The van der Waals surface area contributed by atoms with E-state index in [0.717, 1.165) is 6.42 Å². The Morgan fingerprint density at radius 1 is 1.24 bits per heavy atom. The zero-order chi connectivity index (χ0) is 14.9. The van der Waals surface area contributed by atoms with Crippen molar-refractivity contribution in [2.75, 3.05) is 4.90 Å². The van der Waals surface area contributed by atoms with E-state index in [1.54, 1.807) is 18.2 Å². The summed E-state index contributed by atoms with van der Waals surface area (Å²) in [6.45, 7) is 1.91. The summed E-state index contributed by atoms with van der Waals surface area (Å²) in [7, 11) is 0. The van der Waals surface area contributed by atoms with Crippen LogP contribution in [-0.2, 0) is 9.59 Å².